The first-order valence-corrected chi connectivity index (χ1v) is 10.5. The first kappa shape index (κ1) is 19.6. The molecular formula is C16H29I2N3. The lowest BCUT2D eigenvalue weighted by Gasteiger charge is -2.29. The second kappa shape index (κ2) is 10.4. The lowest BCUT2D eigenvalue weighted by molar-refractivity contribution is 0.200. The maximum atomic E-state index is 4.66. The van der Waals surface area contributed by atoms with Gasteiger partial charge in [0.1, 0.15) is 0 Å². The molecule has 0 saturated heterocycles. The number of aromatic nitrogens is 3. The second-order valence-corrected chi connectivity index (χ2v) is 8.23. The molecule has 1 aromatic rings. The first-order chi connectivity index (χ1) is 10.0. The number of hydrogen-bond donors (Lipinski definition) is 0. The normalized spacial score (nSPS) is 14.3. The number of halogens is 2. The van der Waals surface area contributed by atoms with Gasteiger partial charge in [-0.15, -0.1) is 10.2 Å². The van der Waals surface area contributed by atoms with Crippen LogP contribution in [0.3, 0.4) is 0 Å². The van der Waals surface area contributed by atoms with Crippen molar-refractivity contribution in [3.05, 3.63) is 7.40 Å². The van der Waals surface area contributed by atoms with Gasteiger partial charge in [-0.25, -0.2) is 0 Å². The van der Waals surface area contributed by atoms with Crippen molar-refractivity contribution in [2.24, 2.45) is 0 Å². The summed E-state index contributed by atoms with van der Waals surface area (Å²) in [6.45, 7) is 6.88. The molecule has 21 heavy (non-hydrogen) atoms. The summed E-state index contributed by atoms with van der Waals surface area (Å²) in [5.41, 5.74) is 0.0880. The van der Waals surface area contributed by atoms with E-state index in [1.165, 1.54) is 64.2 Å². The molecule has 0 aromatic carbocycles. The van der Waals surface area contributed by atoms with E-state index in [0.29, 0.717) is 0 Å². The van der Waals surface area contributed by atoms with Crippen molar-refractivity contribution >= 4 is 45.2 Å². The zero-order valence-corrected chi connectivity index (χ0v) is 18.0. The Morgan fingerprint density at radius 3 is 1.76 bits per heavy atom. The van der Waals surface area contributed by atoms with Crippen LogP contribution in [0.5, 0.6) is 0 Å². The van der Waals surface area contributed by atoms with Crippen LogP contribution >= 0.6 is 45.2 Å². The van der Waals surface area contributed by atoms with Gasteiger partial charge in [0.15, 0.2) is 7.40 Å². The van der Waals surface area contributed by atoms with Gasteiger partial charge in [-0.1, -0.05) is 65.2 Å². The van der Waals surface area contributed by atoms with Crippen LogP contribution in [-0.4, -0.2) is 15.0 Å². The Morgan fingerprint density at radius 2 is 1.24 bits per heavy atom. The summed E-state index contributed by atoms with van der Waals surface area (Å²) >= 11 is 4.57. The van der Waals surface area contributed by atoms with Crippen molar-refractivity contribution in [2.75, 3.05) is 0 Å². The molecule has 122 valence electrons. The van der Waals surface area contributed by atoms with E-state index in [2.05, 4.69) is 76.2 Å². The average Bonchev–Trinajstić information content (AvgIpc) is 2.79. The third kappa shape index (κ3) is 6.71. The molecule has 0 aliphatic rings. The summed E-state index contributed by atoms with van der Waals surface area (Å²) in [6, 6.07) is 0. The molecular weight excluding hydrogens is 488 g/mol. The fraction of sp³-hybridized carbons (Fsp3) is 0.875. The zero-order chi connectivity index (χ0) is 15.7. The summed E-state index contributed by atoms with van der Waals surface area (Å²) in [6.07, 6.45) is 12.9. The van der Waals surface area contributed by atoms with Crippen LogP contribution in [0.4, 0.5) is 0 Å². The number of nitrogens with zero attached hydrogens (tertiary/aromatic N) is 3. The Bertz CT molecular complexity index is 387. The molecule has 1 unspecified atom stereocenters. The van der Waals surface area contributed by atoms with Crippen molar-refractivity contribution < 1.29 is 0 Å². The topological polar surface area (TPSA) is 30.7 Å². The molecule has 0 aliphatic heterocycles. The standard InChI is InChI=1S/C16H29I2N3/c1-4-6-8-9-11-13-16(3,12-10-7-5-2)21-19-14(17)15(18)20-21/h4-13H2,1-3H3. The van der Waals surface area contributed by atoms with E-state index in [4.69, 9.17) is 0 Å². The highest BCUT2D eigenvalue weighted by atomic mass is 127. The van der Waals surface area contributed by atoms with Crippen LogP contribution in [0.15, 0.2) is 0 Å². The van der Waals surface area contributed by atoms with Crippen LogP contribution < -0.4 is 0 Å². The van der Waals surface area contributed by atoms with Gasteiger partial charge in [-0.2, -0.15) is 4.80 Å². The van der Waals surface area contributed by atoms with Crippen LogP contribution in [-0.2, 0) is 5.54 Å². The zero-order valence-electron chi connectivity index (χ0n) is 13.7. The highest BCUT2D eigenvalue weighted by molar-refractivity contribution is 14.1. The van der Waals surface area contributed by atoms with Crippen LogP contribution in [0.25, 0.3) is 0 Å². The Labute approximate surface area is 157 Å². The Balaban J connectivity index is 2.65. The fourth-order valence-electron chi connectivity index (χ4n) is 2.70. The Kier molecular flexibility index (Phi) is 9.72. The molecule has 0 spiro atoms. The third-order valence-electron chi connectivity index (χ3n) is 4.16. The minimum atomic E-state index is 0.0880. The van der Waals surface area contributed by atoms with Gasteiger partial charge >= 0.3 is 0 Å². The van der Waals surface area contributed by atoms with Crippen molar-refractivity contribution in [3.8, 4) is 0 Å². The van der Waals surface area contributed by atoms with Crippen molar-refractivity contribution in [3.63, 3.8) is 0 Å². The molecule has 1 aromatic heterocycles. The second-order valence-electron chi connectivity index (χ2n) is 6.19. The van der Waals surface area contributed by atoms with Crippen LogP contribution in [0.2, 0.25) is 0 Å². The molecule has 0 saturated carbocycles. The largest absolute Gasteiger partial charge is 0.177 e. The monoisotopic (exact) mass is 517 g/mol. The smallest absolute Gasteiger partial charge is 0.157 e. The van der Waals surface area contributed by atoms with E-state index in [0.717, 1.165) is 7.40 Å². The summed E-state index contributed by atoms with van der Waals surface area (Å²) in [5.74, 6) is 0. The molecule has 0 radical (unpaired) electrons. The molecule has 0 N–H and O–H groups in total. The van der Waals surface area contributed by atoms with Crippen molar-refractivity contribution in [1.82, 2.24) is 15.0 Å². The van der Waals surface area contributed by atoms with Crippen LogP contribution in [0, 0.1) is 7.40 Å². The maximum Gasteiger partial charge on any atom is 0.157 e. The molecule has 0 bridgehead atoms. The van der Waals surface area contributed by atoms with E-state index in [1.807, 2.05) is 4.80 Å². The predicted octanol–water partition coefficient (Wildman–Crippen LogP) is 6.14. The molecule has 3 nitrogen and oxygen atoms in total. The summed E-state index contributed by atoms with van der Waals surface area (Å²) in [7, 11) is 0. The predicted molar refractivity (Wildman–Crippen MR) is 107 cm³/mol. The van der Waals surface area contributed by atoms with E-state index in [-0.39, 0.29) is 5.54 Å². The van der Waals surface area contributed by atoms with E-state index >= 15 is 0 Å². The SMILES string of the molecule is CCCCCCCC(C)(CCCCC)n1nc(I)c(I)n1. The number of rotatable bonds is 11. The molecule has 0 fully saturated rings. The van der Waals surface area contributed by atoms with Gasteiger partial charge < -0.3 is 0 Å². The average molecular weight is 517 g/mol. The first-order valence-electron chi connectivity index (χ1n) is 8.32. The third-order valence-corrected chi connectivity index (χ3v) is 6.64. The van der Waals surface area contributed by atoms with Gasteiger partial charge in [-0.3, -0.25) is 0 Å². The fourth-order valence-corrected chi connectivity index (χ4v) is 3.33. The van der Waals surface area contributed by atoms with E-state index < -0.39 is 0 Å². The molecule has 5 heteroatoms. The lowest BCUT2D eigenvalue weighted by Crippen LogP contribution is -2.32. The maximum absolute atomic E-state index is 4.66. The molecule has 0 aliphatic carbocycles. The Hall–Kier alpha value is 0.600. The van der Waals surface area contributed by atoms with Gasteiger partial charge in [0.2, 0.25) is 0 Å². The number of unbranched alkanes of at least 4 members (excludes halogenated alkanes) is 6. The minimum Gasteiger partial charge on any atom is -0.177 e. The van der Waals surface area contributed by atoms with E-state index in [1.54, 1.807) is 0 Å². The summed E-state index contributed by atoms with van der Waals surface area (Å²) in [4.78, 5) is 2.01. The highest BCUT2D eigenvalue weighted by Crippen LogP contribution is 2.30. The van der Waals surface area contributed by atoms with Crippen LogP contribution in [0.1, 0.15) is 85.0 Å². The van der Waals surface area contributed by atoms with Gasteiger partial charge in [0.25, 0.3) is 0 Å². The molecule has 1 atom stereocenters. The highest BCUT2D eigenvalue weighted by Gasteiger charge is 2.28. The molecule has 1 heterocycles. The number of hydrogen-bond acceptors (Lipinski definition) is 2. The quantitative estimate of drug-likeness (QED) is 0.261. The van der Waals surface area contributed by atoms with Gasteiger partial charge in [0.05, 0.1) is 5.54 Å². The summed E-state index contributed by atoms with van der Waals surface area (Å²) in [5, 5.41) is 9.32. The van der Waals surface area contributed by atoms with Crippen molar-refractivity contribution in [1.29, 1.82) is 0 Å². The lowest BCUT2D eigenvalue weighted by atomic mass is 9.89. The minimum absolute atomic E-state index is 0.0880. The van der Waals surface area contributed by atoms with Gasteiger partial charge in [-0.05, 0) is 64.9 Å². The summed E-state index contributed by atoms with van der Waals surface area (Å²) < 4.78 is 2.06. The van der Waals surface area contributed by atoms with Gasteiger partial charge in [0, 0.05) is 0 Å². The molecule has 1 rings (SSSR count). The van der Waals surface area contributed by atoms with Crippen molar-refractivity contribution in [2.45, 2.75) is 90.5 Å². The Morgan fingerprint density at radius 1 is 0.810 bits per heavy atom. The molecule has 0 amide bonds. The van der Waals surface area contributed by atoms with E-state index in [9.17, 15) is 0 Å².